The van der Waals surface area contributed by atoms with Gasteiger partial charge in [0.1, 0.15) is 0 Å². The number of rotatable bonds is 8. The maximum absolute atomic E-state index is 5.87. The summed E-state index contributed by atoms with van der Waals surface area (Å²) in [6.45, 7) is 5.00. The Morgan fingerprint density at radius 1 is 1.24 bits per heavy atom. The van der Waals surface area contributed by atoms with Crippen molar-refractivity contribution in [1.82, 2.24) is 5.32 Å². The maximum atomic E-state index is 5.87. The van der Waals surface area contributed by atoms with E-state index in [1.54, 1.807) is 7.11 Å². The summed E-state index contributed by atoms with van der Waals surface area (Å²) < 4.78 is 10.8. The van der Waals surface area contributed by atoms with Gasteiger partial charge in [-0.2, -0.15) is 0 Å². The molecule has 0 radical (unpaired) electrons. The van der Waals surface area contributed by atoms with Crippen molar-refractivity contribution < 1.29 is 9.47 Å². The smallest absolute Gasteiger partial charge is 0.0950 e. The van der Waals surface area contributed by atoms with Crippen molar-refractivity contribution in [2.45, 2.75) is 13.0 Å². The average molecular weight is 258 g/mol. The van der Waals surface area contributed by atoms with Crippen LogP contribution in [0.5, 0.6) is 0 Å². The van der Waals surface area contributed by atoms with Gasteiger partial charge < -0.3 is 14.8 Å². The zero-order chi connectivity index (χ0) is 12.5. The van der Waals surface area contributed by atoms with Crippen molar-refractivity contribution in [2.75, 3.05) is 33.4 Å². The Balaban J connectivity index is 2.57. The van der Waals surface area contributed by atoms with Crippen LogP contribution in [0, 0.1) is 0 Å². The predicted octanol–water partition coefficient (Wildman–Crippen LogP) is 2.65. The van der Waals surface area contributed by atoms with E-state index >= 15 is 0 Å². The molecule has 17 heavy (non-hydrogen) atoms. The van der Waals surface area contributed by atoms with Gasteiger partial charge in [0.05, 0.1) is 19.3 Å². The van der Waals surface area contributed by atoms with Gasteiger partial charge >= 0.3 is 0 Å². The van der Waals surface area contributed by atoms with Crippen molar-refractivity contribution in [1.29, 1.82) is 0 Å². The Morgan fingerprint density at radius 2 is 1.94 bits per heavy atom. The van der Waals surface area contributed by atoms with Gasteiger partial charge in [-0.15, -0.1) is 0 Å². The Labute approximate surface area is 108 Å². The summed E-state index contributed by atoms with van der Waals surface area (Å²) in [7, 11) is 1.67. The summed E-state index contributed by atoms with van der Waals surface area (Å²) in [5, 5.41) is 4.03. The van der Waals surface area contributed by atoms with E-state index in [0.717, 1.165) is 23.7 Å². The Hall–Kier alpha value is -0.610. The first-order chi connectivity index (χ1) is 8.27. The fourth-order valence-corrected chi connectivity index (χ4v) is 1.63. The van der Waals surface area contributed by atoms with Crippen LogP contribution in [0.1, 0.15) is 18.6 Å². The van der Waals surface area contributed by atoms with Gasteiger partial charge in [0.2, 0.25) is 0 Å². The molecule has 0 amide bonds. The highest BCUT2D eigenvalue weighted by Gasteiger charge is 2.11. The van der Waals surface area contributed by atoms with Gasteiger partial charge in [-0.05, 0) is 24.2 Å². The summed E-state index contributed by atoms with van der Waals surface area (Å²) >= 11 is 5.87. The summed E-state index contributed by atoms with van der Waals surface area (Å²) in [6, 6.07) is 7.76. The highest BCUT2D eigenvalue weighted by Crippen LogP contribution is 2.19. The molecule has 96 valence electrons. The Morgan fingerprint density at radius 3 is 2.53 bits per heavy atom. The molecular weight excluding hydrogens is 238 g/mol. The van der Waals surface area contributed by atoms with Gasteiger partial charge in [0.25, 0.3) is 0 Å². The normalized spacial score (nSPS) is 12.6. The minimum atomic E-state index is 0.0439. The molecule has 0 aliphatic carbocycles. The van der Waals surface area contributed by atoms with Crippen molar-refractivity contribution in [3.8, 4) is 0 Å². The zero-order valence-electron chi connectivity index (χ0n) is 10.4. The van der Waals surface area contributed by atoms with Crippen LogP contribution in [0.4, 0.5) is 0 Å². The molecule has 1 unspecified atom stereocenters. The number of likely N-dealkylation sites (N-methyl/N-ethyl adjacent to an activating group) is 1. The topological polar surface area (TPSA) is 30.5 Å². The first kappa shape index (κ1) is 14.5. The number of methoxy groups -OCH3 is 1. The van der Waals surface area contributed by atoms with Gasteiger partial charge in [0.15, 0.2) is 0 Å². The van der Waals surface area contributed by atoms with Crippen molar-refractivity contribution >= 4 is 11.6 Å². The lowest BCUT2D eigenvalue weighted by molar-refractivity contribution is 0.0169. The second-order valence-electron chi connectivity index (χ2n) is 3.71. The first-order valence-electron chi connectivity index (χ1n) is 5.84. The summed E-state index contributed by atoms with van der Waals surface area (Å²) in [6.07, 6.45) is 0.0439. The van der Waals surface area contributed by atoms with Gasteiger partial charge in [-0.3, -0.25) is 0 Å². The van der Waals surface area contributed by atoms with Crippen LogP contribution in [-0.2, 0) is 9.47 Å². The minimum absolute atomic E-state index is 0.0439. The monoisotopic (exact) mass is 257 g/mol. The minimum Gasteiger partial charge on any atom is -0.382 e. The summed E-state index contributed by atoms with van der Waals surface area (Å²) in [5.74, 6) is 0. The van der Waals surface area contributed by atoms with E-state index in [1.807, 2.05) is 24.3 Å². The quantitative estimate of drug-likeness (QED) is 0.727. The van der Waals surface area contributed by atoms with E-state index in [0.29, 0.717) is 13.2 Å². The molecule has 1 aromatic carbocycles. The molecule has 4 heteroatoms. The van der Waals surface area contributed by atoms with Crippen LogP contribution in [0.15, 0.2) is 24.3 Å². The van der Waals surface area contributed by atoms with E-state index in [1.165, 1.54) is 0 Å². The molecule has 0 bridgehead atoms. The van der Waals surface area contributed by atoms with E-state index < -0.39 is 0 Å². The van der Waals surface area contributed by atoms with Crippen molar-refractivity contribution in [3.05, 3.63) is 34.9 Å². The lowest BCUT2D eigenvalue weighted by atomic mass is 10.1. The second kappa shape index (κ2) is 8.48. The number of halogens is 1. The van der Waals surface area contributed by atoms with Crippen LogP contribution in [-0.4, -0.2) is 33.4 Å². The molecule has 0 aliphatic heterocycles. The fourth-order valence-electron chi connectivity index (χ4n) is 1.50. The number of ether oxygens (including phenoxy) is 2. The number of hydrogen-bond acceptors (Lipinski definition) is 3. The highest BCUT2D eigenvalue weighted by atomic mass is 35.5. The molecule has 0 spiro atoms. The third kappa shape index (κ3) is 5.50. The van der Waals surface area contributed by atoms with Crippen LogP contribution in [0.3, 0.4) is 0 Å². The number of hydrogen-bond donors (Lipinski definition) is 1. The molecule has 0 aromatic heterocycles. The standard InChI is InChI=1S/C13H20ClNO2/c1-3-15-10-13(17-9-8-16-2)11-4-6-12(14)7-5-11/h4-7,13,15H,3,8-10H2,1-2H3. The molecule has 1 rings (SSSR count). The molecule has 0 aliphatic rings. The van der Waals surface area contributed by atoms with Gasteiger partial charge in [-0.1, -0.05) is 30.7 Å². The lowest BCUT2D eigenvalue weighted by Gasteiger charge is -2.18. The average Bonchev–Trinajstić information content (AvgIpc) is 2.35. The number of benzene rings is 1. The molecule has 1 atom stereocenters. The summed E-state index contributed by atoms with van der Waals surface area (Å²) in [5.41, 5.74) is 1.13. The third-order valence-electron chi connectivity index (χ3n) is 2.43. The van der Waals surface area contributed by atoms with Gasteiger partial charge in [0, 0.05) is 18.7 Å². The van der Waals surface area contributed by atoms with Crippen LogP contribution >= 0.6 is 11.6 Å². The van der Waals surface area contributed by atoms with E-state index in [-0.39, 0.29) is 6.10 Å². The fraction of sp³-hybridized carbons (Fsp3) is 0.538. The predicted molar refractivity (Wildman–Crippen MR) is 70.6 cm³/mol. The molecular formula is C13H20ClNO2. The van der Waals surface area contributed by atoms with E-state index in [4.69, 9.17) is 21.1 Å². The Kier molecular flexibility index (Phi) is 7.21. The molecule has 3 nitrogen and oxygen atoms in total. The molecule has 1 aromatic rings. The van der Waals surface area contributed by atoms with E-state index in [2.05, 4.69) is 12.2 Å². The zero-order valence-corrected chi connectivity index (χ0v) is 11.2. The highest BCUT2D eigenvalue weighted by molar-refractivity contribution is 6.30. The third-order valence-corrected chi connectivity index (χ3v) is 2.68. The van der Waals surface area contributed by atoms with Crippen LogP contribution in [0.2, 0.25) is 5.02 Å². The SMILES string of the molecule is CCNCC(OCCOC)c1ccc(Cl)cc1. The van der Waals surface area contributed by atoms with Crippen molar-refractivity contribution in [3.63, 3.8) is 0 Å². The first-order valence-corrected chi connectivity index (χ1v) is 6.22. The molecule has 0 saturated heterocycles. The maximum Gasteiger partial charge on any atom is 0.0950 e. The molecule has 1 N–H and O–H groups in total. The van der Waals surface area contributed by atoms with Crippen LogP contribution < -0.4 is 5.32 Å². The molecule has 0 heterocycles. The second-order valence-corrected chi connectivity index (χ2v) is 4.15. The van der Waals surface area contributed by atoms with Crippen LogP contribution in [0.25, 0.3) is 0 Å². The molecule has 0 fully saturated rings. The lowest BCUT2D eigenvalue weighted by Crippen LogP contribution is -2.24. The van der Waals surface area contributed by atoms with E-state index in [9.17, 15) is 0 Å². The van der Waals surface area contributed by atoms with Gasteiger partial charge in [-0.25, -0.2) is 0 Å². The van der Waals surface area contributed by atoms with Crippen molar-refractivity contribution in [2.24, 2.45) is 0 Å². The summed E-state index contributed by atoms with van der Waals surface area (Å²) in [4.78, 5) is 0. The largest absolute Gasteiger partial charge is 0.382 e. The Bertz CT molecular complexity index is 303. The number of nitrogens with one attached hydrogen (secondary N) is 1. The molecule has 0 saturated carbocycles.